The molecule has 0 saturated carbocycles. The van der Waals surface area contributed by atoms with Gasteiger partial charge in [-0.1, -0.05) is 26.0 Å². The molecule has 0 saturated heterocycles. The number of carbonyl (C=O) groups excluding carboxylic acids is 1. The number of hydrogen-bond acceptors (Lipinski definition) is 2. The molecule has 0 heterocycles. The van der Waals surface area contributed by atoms with E-state index in [4.69, 9.17) is 4.74 Å². The molecule has 3 nitrogen and oxygen atoms in total. The lowest BCUT2D eigenvalue weighted by molar-refractivity contribution is 0.168. The van der Waals surface area contributed by atoms with E-state index in [1.165, 1.54) is 5.56 Å². The summed E-state index contributed by atoms with van der Waals surface area (Å²) in [6.07, 6.45) is 0.613. The Kier molecular flexibility index (Phi) is 4.83. The highest BCUT2D eigenvalue weighted by Crippen LogP contribution is 2.14. The summed E-state index contributed by atoms with van der Waals surface area (Å²) >= 11 is 0. The van der Waals surface area contributed by atoms with E-state index in [1.807, 2.05) is 18.2 Å². The van der Waals surface area contributed by atoms with Crippen LogP contribution in [-0.4, -0.2) is 12.7 Å². The Bertz CT molecular complexity index is 348. The van der Waals surface area contributed by atoms with Crippen LogP contribution in [0.15, 0.2) is 24.3 Å². The number of rotatable bonds is 4. The number of carbonyl (C=O) groups is 1. The largest absolute Gasteiger partial charge is 0.450 e. The molecule has 1 aromatic rings. The number of anilines is 1. The lowest BCUT2D eigenvalue weighted by atomic mass is 10.0. The minimum absolute atomic E-state index is 0.386. The van der Waals surface area contributed by atoms with Crippen LogP contribution in [-0.2, 0) is 11.2 Å². The van der Waals surface area contributed by atoms with E-state index in [0.717, 1.165) is 12.1 Å². The van der Waals surface area contributed by atoms with E-state index < -0.39 is 6.09 Å². The van der Waals surface area contributed by atoms with Gasteiger partial charge in [-0.3, -0.25) is 5.32 Å². The van der Waals surface area contributed by atoms with Crippen LogP contribution in [0.4, 0.5) is 10.5 Å². The van der Waals surface area contributed by atoms with Crippen LogP contribution in [0.3, 0.4) is 0 Å². The summed E-state index contributed by atoms with van der Waals surface area (Å²) in [5.74, 6) is 0.609. The maximum atomic E-state index is 11.2. The first kappa shape index (κ1) is 12.6. The second-order valence-corrected chi connectivity index (χ2v) is 4.14. The first-order valence-electron chi connectivity index (χ1n) is 5.64. The van der Waals surface area contributed by atoms with Gasteiger partial charge in [0.1, 0.15) is 0 Å². The molecule has 0 aliphatic heterocycles. The Morgan fingerprint density at radius 3 is 2.81 bits per heavy atom. The van der Waals surface area contributed by atoms with Gasteiger partial charge in [-0.2, -0.15) is 0 Å². The summed E-state index contributed by atoms with van der Waals surface area (Å²) in [5, 5.41) is 2.70. The normalized spacial score (nSPS) is 10.2. The molecule has 1 aromatic carbocycles. The first-order chi connectivity index (χ1) is 7.61. The topological polar surface area (TPSA) is 38.3 Å². The van der Waals surface area contributed by atoms with E-state index in [2.05, 4.69) is 25.2 Å². The zero-order valence-electron chi connectivity index (χ0n) is 10.1. The molecule has 0 radical (unpaired) electrons. The van der Waals surface area contributed by atoms with Crippen molar-refractivity contribution in [2.45, 2.75) is 27.2 Å². The molecule has 1 amide bonds. The van der Waals surface area contributed by atoms with Crippen molar-refractivity contribution in [3.63, 3.8) is 0 Å². The fourth-order valence-electron chi connectivity index (χ4n) is 1.53. The summed E-state index contributed by atoms with van der Waals surface area (Å²) in [5.41, 5.74) is 2.01. The molecule has 88 valence electrons. The summed E-state index contributed by atoms with van der Waals surface area (Å²) in [6.45, 7) is 6.52. The highest BCUT2D eigenvalue weighted by atomic mass is 16.5. The predicted molar refractivity (Wildman–Crippen MR) is 65.6 cm³/mol. The molecule has 0 aliphatic rings. The molecule has 0 aromatic heterocycles. The predicted octanol–water partition coefficient (Wildman–Crippen LogP) is 3.45. The number of nitrogens with one attached hydrogen (secondary N) is 1. The SMILES string of the molecule is CCOC(=O)Nc1cccc(CC(C)C)c1. The number of ether oxygens (including phenoxy) is 1. The van der Waals surface area contributed by atoms with E-state index in [9.17, 15) is 4.79 Å². The lowest BCUT2D eigenvalue weighted by Gasteiger charge is -2.08. The van der Waals surface area contributed by atoms with Crippen molar-refractivity contribution in [3.05, 3.63) is 29.8 Å². The summed E-state index contributed by atoms with van der Waals surface area (Å²) in [6, 6.07) is 7.85. The van der Waals surface area contributed by atoms with Crippen LogP contribution in [0, 0.1) is 5.92 Å². The molecule has 0 atom stereocenters. The van der Waals surface area contributed by atoms with Crippen molar-refractivity contribution in [2.75, 3.05) is 11.9 Å². The maximum absolute atomic E-state index is 11.2. The van der Waals surface area contributed by atoms with Gasteiger partial charge >= 0.3 is 6.09 Å². The third-order valence-electron chi connectivity index (χ3n) is 2.09. The Hall–Kier alpha value is -1.51. The fourth-order valence-corrected chi connectivity index (χ4v) is 1.53. The monoisotopic (exact) mass is 221 g/mol. The molecule has 0 fully saturated rings. The standard InChI is InChI=1S/C13H19NO2/c1-4-16-13(15)14-12-7-5-6-11(9-12)8-10(2)3/h5-7,9-10H,4,8H2,1-3H3,(H,14,15). The molecule has 1 N–H and O–H groups in total. The van der Waals surface area contributed by atoms with Crippen LogP contribution in [0.1, 0.15) is 26.3 Å². The van der Waals surface area contributed by atoms with Crippen molar-refractivity contribution in [3.8, 4) is 0 Å². The van der Waals surface area contributed by atoms with Gasteiger partial charge in [0.15, 0.2) is 0 Å². The van der Waals surface area contributed by atoms with Crippen molar-refractivity contribution < 1.29 is 9.53 Å². The van der Waals surface area contributed by atoms with Gasteiger partial charge < -0.3 is 4.74 Å². The Labute approximate surface area is 96.8 Å². The van der Waals surface area contributed by atoms with Crippen LogP contribution < -0.4 is 5.32 Å². The van der Waals surface area contributed by atoms with Gasteiger partial charge in [0.2, 0.25) is 0 Å². The fraction of sp³-hybridized carbons (Fsp3) is 0.462. The first-order valence-corrected chi connectivity index (χ1v) is 5.64. The summed E-state index contributed by atoms with van der Waals surface area (Å²) in [4.78, 5) is 11.2. The average Bonchev–Trinajstić information content (AvgIpc) is 2.17. The van der Waals surface area contributed by atoms with Crippen molar-refractivity contribution in [2.24, 2.45) is 5.92 Å². The van der Waals surface area contributed by atoms with Crippen LogP contribution in [0.25, 0.3) is 0 Å². The third kappa shape index (κ3) is 4.34. The minimum atomic E-state index is -0.399. The Morgan fingerprint density at radius 2 is 2.19 bits per heavy atom. The van der Waals surface area contributed by atoms with E-state index in [0.29, 0.717) is 12.5 Å². The van der Waals surface area contributed by atoms with Gasteiger partial charge in [-0.25, -0.2) is 4.79 Å². The highest BCUT2D eigenvalue weighted by molar-refractivity contribution is 5.84. The third-order valence-corrected chi connectivity index (χ3v) is 2.09. The second-order valence-electron chi connectivity index (χ2n) is 4.14. The van der Waals surface area contributed by atoms with Gasteiger partial charge in [-0.15, -0.1) is 0 Å². The van der Waals surface area contributed by atoms with Crippen LogP contribution in [0.5, 0.6) is 0 Å². The highest BCUT2D eigenvalue weighted by Gasteiger charge is 2.03. The maximum Gasteiger partial charge on any atom is 0.411 e. The van der Waals surface area contributed by atoms with Crippen molar-refractivity contribution >= 4 is 11.8 Å². The Morgan fingerprint density at radius 1 is 1.44 bits per heavy atom. The van der Waals surface area contributed by atoms with E-state index in [-0.39, 0.29) is 0 Å². The van der Waals surface area contributed by atoms with Gasteiger partial charge in [0, 0.05) is 5.69 Å². The Balaban J connectivity index is 2.63. The zero-order valence-corrected chi connectivity index (χ0v) is 10.1. The van der Waals surface area contributed by atoms with Crippen molar-refractivity contribution in [1.82, 2.24) is 0 Å². The minimum Gasteiger partial charge on any atom is -0.450 e. The van der Waals surface area contributed by atoms with Crippen molar-refractivity contribution in [1.29, 1.82) is 0 Å². The van der Waals surface area contributed by atoms with Gasteiger partial charge in [0.05, 0.1) is 6.61 Å². The molecule has 0 bridgehead atoms. The molecule has 3 heteroatoms. The van der Waals surface area contributed by atoms with E-state index in [1.54, 1.807) is 6.92 Å². The molecule has 0 spiro atoms. The number of amides is 1. The summed E-state index contributed by atoms with van der Waals surface area (Å²) < 4.78 is 4.82. The second kappa shape index (κ2) is 6.16. The summed E-state index contributed by atoms with van der Waals surface area (Å²) in [7, 11) is 0. The zero-order chi connectivity index (χ0) is 12.0. The lowest BCUT2D eigenvalue weighted by Crippen LogP contribution is -2.13. The van der Waals surface area contributed by atoms with Gasteiger partial charge in [0.25, 0.3) is 0 Å². The molecule has 0 unspecified atom stereocenters. The average molecular weight is 221 g/mol. The van der Waals surface area contributed by atoms with Gasteiger partial charge in [-0.05, 0) is 37.0 Å². The molecule has 1 rings (SSSR count). The molecular formula is C13H19NO2. The number of benzene rings is 1. The molecular weight excluding hydrogens is 202 g/mol. The van der Waals surface area contributed by atoms with Crippen LogP contribution in [0.2, 0.25) is 0 Å². The quantitative estimate of drug-likeness (QED) is 0.845. The molecule has 0 aliphatic carbocycles. The smallest absolute Gasteiger partial charge is 0.411 e. The van der Waals surface area contributed by atoms with Crippen LogP contribution >= 0.6 is 0 Å². The van der Waals surface area contributed by atoms with E-state index >= 15 is 0 Å². The number of hydrogen-bond donors (Lipinski definition) is 1. The molecule has 16 heavy (non-hydrogen) atoms.